The van der Waals surface area contributed by atoms with Gasteiger partial charge in [0.25, 0.3) is 6.43 Å². The number of piperazine rings is 1. The van der Waals surface area contributed by atoms with E-state index in [1.54, 1.807) is 25.7 Å². The minimum absolute atomic E-state index is 0.000835. The average Bonchev–Trinajstić information content (AvgIpc) is 3.86. The SMILES string of the molecule is COc1c(F)c(-c2cc(C(F)F)cc3ccc(F)c(C#C[Si](C(C)C)(C(C)C)C(C)C)c23)c(F)c2nc(OC[C@@]34CCCN3C[C@H](F)C4)nc(N3C[C@H]4CC[C@@H](C3)N4C(=O)OC(C)(C)C)c12. The Balaban J connectivity index is 1.36. The lowest BCUT2D eigenvalue weighted by Gasteiger charge is -2.42. The van der Waals surface area contributed by atoms with Crippen molar-refractivity contribution < 1.29 is 45.3 Å². The summed E-state index contributed by atoms with van der Waals surface area (Å²) in [5.74, 6) is -0.500. The van der Waals surface area contributed by atoms with Gasteiger partial charge in [0.05, 0.1) is 41.2 Å². The van der Waals surface area contributed by atoms with Crippen molar-refractivity contribution in [2.24, 2.45) is 0 Å². The van der Waals surface area contributed by atoms with E-state index in [1.165, 1.54) is 19.2 Å². The number of methoxy groups -OCH3 is 1. The third-order valence-corrected chi connectivity index (χ3v) is 20.9. The Hall–Kier alpha value is -4.75. The average molecular weight is 938 g/mol. The van der Waals surface area contributed by atoms with Gasteiger partial charge >= 0.3 is 12.1 Å². The molecule has 16 heteroatoms. The van der Waals surface area contributed by atoms with Crippen LogP contribution in [0.3, 0.4) is 0 Å². The molecule has 356 valence electrons. The van der Waals surface area contributed by atoms with Crippen LogP contribution in [0.5, 0.6) is 11.8 Å². The smallest absolute Gasteiger partial charge is 0.410 e. The van der Waals surface area contributed by atoms with Crippen LogP contribution in [0, 0.1) is 28.9 Å². The number of halogens is 6. The highest BCUT2D eigenvalue weighted by Crippen LogP contribution is 2.48. The molecule has 4 aromatic rings. The zero-order valence-electron chi connectivity index (χ0n) is 39.6. The zero-order chi connectivity index (χ0) is 47.8. The lowest BCUT2D eigenvalue weighted by Crippen LogP contribution is -2.57. The standard InChI is InChI=1S/C50H61F6N5O4Si/c1-27(2)66(28(3)4,29(5)6)19-16-35-37(52)15-12-30-20-31(45(55)56)21-36(38(30)35)39-41(53)43-40(44(63-10)42(39)54)46(58-47(57-43)64-26-50-17-11-18-60(50)23-32(51)22-50)59-24-33-13-14-34(25-59)61(33)48(62)65-49(7,8)9/h12,15,20-21,27-29,32-34,45H,11,13-14,17-18,22-26H2,1-10H3/t32-,33-,34+,50+/m1/s1. The summed E-state index contributed by atoms with van der Waals surface area (Å²) in [5.41, 5.74) is 0.403. The molecule has 4 aliphatic heterocycles. The van der Waals surface area contributed by atoms with Crippen LogP contribution in [-0.4, -0.2) is 103 Å². The molecule has 2 bridgehead atoms. The monoisotopic (exact) mass is 937 g/mol. The van der Waals surface area contributed by atoms with Gasteiger partial charge < -0.3 is 19.1 Å². The van der Waals surface area contributed by atoms with E-state index < -0.39 is 77.7 Å². The van der Waals surface area contributed by atoms with Crippen molar-refractivity contribution >= 4 is 41.7 Å². The Labute approximate surface area is 384 Å². The van der Waals surface area contributed by atoms with Crippen LogP contribution in [0.2, 0.25) is 16.6 Å². The predicted molar refractivity (Wildman–Crippen MR) is 247 cm³/mol. The van der Waals surface area contributed by atoms with E-state index >= 15 is 13.2 Å². The van der Waals surface area contributed by atoms with E-state index in [4.69, 9.17) is 19.2 Å². The van der Waals surface area contributed by atoms with Crippen molar-refractivity contribution in [3.63, 3.8) is 0 Å². The number of alkyl halides is 3. The summed E-state index contributed by atoms with van der Waals surface area (Å²) < 4.78 is 114. The number of hydrogen-bond donors (Lipinski definition) is 0. The van der Waals surface area contributed by atoms with Crippen molar-refractivity contribution in [2.45, 2.75) is 147 Å². The van der Waals surface area contributed by atoms with Gasteiger partial charge in [-0.3, -0.25) is 9.80 Å². The van der Waals surface area contributed by atoms with Crippen LogP contribution in [0.15, 0.2) is 24.3 Å². The molecule has 66 heavy (non-hydrogen) atoms. The number of carbonyl (C=O) groups excluding carboxylic acids is 1. The third-order valence-electron chi connectivity index (χ3n) is 14.6. The largest absolute Gasteiger partial charge is 0.493 e. The fourth-order valence-electron chi connectivity index (χ4n) is 11.8. The van der Waals surface area contributed by atoms with Crippen LogP contribution in [-0.2, 0) is 4.74 Å². The molecule has 0 saturated carbocycles. The molecule has 0 unspecified atom stereocenters. The fraction of sp³-hybridized carbons (Fsp3) is 0.580. The number of aromatic nitrogens is 2. The zero-order valence-corrected chi connectivity index (χ0v) is 40.6. The van der Waals surface area contributed by atoms with E-state index in [1.807, 2.05) is 4.90 Å². The Morgan fingerprint density at radius 3 is 2.21 bits per heavy atom. The van der Waals surface area contributed by atoms with Crippen molar-refractivity contribution in [1.29, 1.82) is 0 Å². The Morgan fingerprint density at radius 1 is 0.939 bits per heavy atom. The minimum Gasteiger partial charge on any atom is -0.493 e. The Bertz CT molecular complexity index is 2580. The lowest BCUT2D eigenvalue weighted by atomic mass is 9.90. The number of anilines is 1. The maximum atomic E-state index is 18.0. The van der Waals surface area contributed by atoms with Gasteiger partial charge in [0.15, 0.2) is 17.4 Å². The molecule has 4 saturated heterocycles. The maximum Gasteiger partial charge on any atom is 0.410 e. The van der Waals surface area contributed by atoms with E-state index in [0.29, 0.717) is 25.8 Å². The summed E-state index contributed by atoms with van der Waals surface area (Å²) in [6.45, 7) is 19.4. The van der Waals surface area contributed by atoms with Crippen LogP contribution < -0.4 is 14.4 Å². The van der Waals surface area contributed by atoms with Gasteiger partial charge in [-0.05, 0) is 98.8 Å². The quantitative estimate of drug-likeness (QED) is 0.0884. The molecule has 1 aromatic heterocycles. The molecular formula is C50H61F6N5O4Si. The van der Waals surface area contributed by atoms with Crippen LogP contribution in [0.4, 0.5) is 37.0 Å². The number of ether oxygens (including phenoxy) is 3. The van der Waals surface area contributed by atoms with E-state index in [-0.39, 0.29) is 100 Å². The second kappa shape index (κ2) is 17.7. The second-order valence-corrected chi connectivity index (χ2v) is 26.2. The van der Waals surface area contributed by atoms with E-state index in [2.05, 4.69) is 62.9 Å². The number of benzene rings is 3. The summed E-state index contributed by atoms with van der Waals surface area (Å²) in [7, 11) is -1.30. The third kappa shape index (κ3) is 8.23. The fourth-order valence-corrected chi connectivity index (χ4v) is 17.0. The van der Waals surface area contributed by atoms with Gasteiger partial charge in [0, 0.05) is 37.0 Å². The van der Waals surface area contributed by atoms with Gasteiger partial charge in [-0.2, -0.15) is 9.97 Å². The van der Waals surface area contributed by atoms with E-state index in [9.17, 15) is 18.0 Å². The molecule has 5 heterocycles. The van der Waals surface area contributed by atoms with Gasteiger partial charge in [-0.1, -0.05) is 53.5 Å². The molecule has 8 rings (SSSR count). The van der Waals surface area contributed by atoms with Crippen molar-refractivity contribution in [1.82, 2.24) is 19.8 Å². The van der Waals surface area contributed by atoms with Gasteiger partial charge in [0.1, 0.15) is 43.6 Å². The summed E-state index contributed by atoms with van der Waals surface area (Å²) in [4.78, 5) is 28.5. The lowest BCUT2D eigenvalue weighted by molar-refractivity contribution is 0.0122. The van der Waals surface area contributed by atoms with Crippen LogP contribution in [0.25, 0.3) is 32.8 Å². The number of nitrogens with zero attached hydrogens (tertiary/aromatic N) is 5. The van der Waals surface area contributed by atoms with Crippen molar-refractivity contribution in [2.75, 3.05) is 44.8 Å². The highest BCUT2D eigenvalue weighted by Gasteiger charge is 2.50. The highest BCUT2D eigenvalue weighted by molar-refractivity contribution is 6.90. The number of amides is 1. The van der Waals surface area contributed by atoms with Crippen molar-refractivity contribution in [3.8, 4) is 34.4 Å². The summed E-state index contributed by atoms with van der Waals surface area (Å²) in [6.07, 6.45) is -1.53. The maximum absolute atomic E-state index is 18.0. The molecule has 0 spiro atoms. The summed E-state index contributed by atoms with van der Waals surface area (Å²) in [5, 5.41) is -0.0550. The molecule has 0 aliphatic carbocycles. The first-order chi connectivity index (χ1) is 31.1. The predicted octanol–water partition coefficient (Wildman–Crippen LogP) is 11.9. The topological polar surface area (TPSA) is 80.3 Å². The molecule has 0 radical (unpaired) electrons. The first kappa shape index (κ1) is 47.7. The van der Waals surface area contributed by atoms with E-state index in [0.717, 1.165) is 18.6 Å². The summed E-state index contributed by atoms with van der Waals surface area (Å²) >= 11 is 0. The molecule has 4 fully saturated rings. The summed E-state index contributed by atoms with van der Waals surface area (Å²) in [6, 6.07) is 3.70. The van der Waals surface area contributed by atoms with Crippen LogP contribution in [0.1, 0.15) is 112 Å². The highest BCUT2D eigenvalue weighted by atomic mass is 28.3. The Morgan fingerprint density at radius 2 is 1.61 bits per heavy atom. The molecule has 9 nitrogen and oxygen atoms in total. The van der Waals surface area contributed by atoms with Gasteiger partial charge in [-0.15, -0.1) is 5.54 Å². The number of fused-ring (bicyclic) bond motifs is 5. The number of carbonyl (C=O) groups is 1. The molecule has 1 amide bonds. The molecule has 3 aromatic carbocycles. The molecule has 4 atom stereocenters. The molecule has 0 N–H and O–H groups in total. The van der Waals surface area contributed by atoms with Gasteiger partial charge in [0.2, 0.25) is 0 Å². The first-order valence-corrected chi connectivity index (χ1v) is 25.5. The Kier molecular flexibility index (Phi) is 12.8. The van der Waals surface area contributed by atoms with Gasteiger partial charge in [-0.25, -0.2) is 31.1 Å². The molecule has 4 aliphatic rings. The number of hydrogen-bond acceptors (Lipinski definition) is 8. The first-order valence-electron chi connectivity index (χ1n) is 23.2. The second-order valence-electron chi connectivity index (χ2n) is 20.7. The number of rotatable bonds is 10. The van der Waals surface area contributed by atoms with Crippen LogP contribution >= 0.6 is 0 Å². The minimum atomic E-state index is -3.05. The normalized spacial score (nSPS) is 22.3. The van der Waals surface area contributed by atoms with Crippen molar-refractivity contribution in [3.05, 3.63) is 52.8 Å². The molecular weight excluding hydrogens is 877 g/mol.